The van der Waals surface area contributed by atoms with Crippen LogP contribution < -0.4 is 5.32 Å². The van der Waals surface area contributed by atoms with E-state index in [2.05, 4.69) is 31.4 Å². The van der Waals surface area contributed by atoms with Gasteiger partial charge in [-0.15, -0.1) is 0 Å². The Labute approximate surface area is 144 Å². The molecule has 4 rings (SSSR count). The number of anilines is 2. The van der Waals surface area contributed by atoms with Crippen LogP contribution in [0, 0.1) is 0 Å². The topological polar surface area (TPSA) is 40.7 Å². The van der Waals surface area contributed by atoms with Crippen molar-refractivity contribution in [3.63, 3.8) is 0 Å². The number of aromatic nitrogens is 2. The third-order valence-electron chi connectivity index (χ3n) is 4.02. The minimum Gasteiger partial charge on any atom is -0.338 e. The molecule has 0 saturated heterocycles. The van der Waals surface area contributed by atoms with E-state index in [1.165, 1.54) is 6.07 Å². The summed E-state index contributed by atoms with van der Waals surface area (Å²) in [6.07, 6.45) is -3.68. The van der Waals surface area contributed by atoms with Gasteiger partial charge in [-0.2, -0.15) is 18.3 Å². The van der Waals surface area contributed by atoms with Crippen molar-refractivity contribution < 1.29 is 13.2 Å². The number of hydrogen-bond donors (Lipinski definition) is 2. The van der Waals surface area contributed by atoms with Crippen LogP contribution in [0.1, 0.15) is 16.7 Å². The number of benzene rings is 2. The van der Waals surface area contributed by atoms with Crippen molar-refractivity contribution in [2.24, 2.45) is 0 Å². The standard InChI is InChI=1S/C17H11BrF3N3/c18-11-4-5-13-9(6-11)7-14-15(13)23-24-16(14)22-12-3-1-2-10(8-12)17(19,20)21/h1-6,8H,7H2,(H2,22,23,24). The second-order valence-corrected chi connectivity index (χ2v) is 6.52. The lowest BCUT2D eigenvalue weighted by molar-refractivity contribution is -0.137. The van der Waals surface area contributed by atoms with E-state index < -0.39 is 11.7 Å². The second kappa shape index (κ2) is 5.37. The Morgan fingerprint density at radius 1 is 1.12 bits per heavy atom. The van der Waals surface area contributed by atoms with Gasteiger partial charge in [0, 0.05) is 27.7 Å². The lowest BCUT2D eigenvalue weighted by Gasteiger charge is -2.10. The van der Waals surface area contributed by atoms with Crippen LogP contribution in [0.25, 0.3) is 11.3 Å². The van der Waals surface area contributed by atoms with Gasteiger partial charge in [0.1, 0.15) is 0 Å². The van der Waals surface area contributed by atoms with Crippen LogP contribution in [0.5, 0.6) is 0 Å². The van der Waals surface area contributed by atoms with Gasteiger partial charge in [-0.1, -0.05) is 28.1 Å². The highest BCUT2D eigenvalue weighted by atomic mass is 79.9. The lowest BCUT2D eigenvalue weighted by atomic mass is 10.1. The van der Waals surface area contributed by atoms with E-state index in [1.807, 2.05) is 18.2 Å². The fraction of sp³-hybridized carbons (Fsp3) is 0.118. The maximum absolute atomic E-state index is 12.8. The van der Waals surface area contributed by atoms with Crippen LogP contribution in [0.2, 0.25) is 0 Å². The van der Waals surface area contributed by atoms with Gasteiger partial charge in [0.05, 0.1) is 11.3 Å². The molecule has 0 fully saturated rings. The van der Waals surface area contributed by atoms with Crippen molar-refractivity contribution in [2.75, 3.05) is 5.32 Å². The van der Waals surface area contributed by atoms with E-state index in [9.17, 15) is 13.2 Å². The number of H-pyrrole nitrogens is 1. The molecule has 0 radical (unpaired) electrons. The summed E-state index contributed by atoms with van der Waals surface area (Å²) in [4.78, 5) is 0. The van der Waals surface area contributed by atoms with Crippen molar-refractivity contribution in [3.05, 3.63) is 63.6 Å². The highest BCUT2D eigenvalue weighted by Gasteiger charge is 2.30. The molecule has 0 spiro atoms. The average molecular weight is 394 g/mol. The van der Waals surface area contributed by atoms with Crippen LogP contribution in [-0.4, -0.2) is 10.2 Å². The van der Waals surface area contributed by atoms with E-state index in [0.29, 0.717) is 17.9 Å². The summed E-state index contributed by atoms with van der Waals surface area (Å²) in [5, 5.41) is 10.2. The van der Waals surface area contributed by atoms with Crippen molar-refractivity contribution in [1.82, 2.24) is 10.2 Å². The van der Waals surface area contributed by atoms with Crippen LogP contribution in [0.3, 0.4) is 0 Å². The zero-order valence-corrected chi connectivity index (χ0v) is 13.8. The molecule has 1 aliphatic rings. The highest BCUT2D eigenvalue weighted by Crippen LogP contribution is 2.40. The Hall–Kier alpha value is -2.28. The zero-order valence-electron chi connectivity index (χ0n) is 12.2. The molecule has 0 aliphatic heterocycles. The first-order chi connectivity index (χ1) is 11.4. The maximum atomic E-state index is 12.8. The average Bonchev–Trinajstić information content (AvgIpc) is 3.06. The first-order valence-electron chi connectivity index (χ1n) is 7.22. The molecule has 122 valence electrons. The van der Waals surface area contributed by atoms with Gasteiger partial charge in [-0.3, -0.25) is 5.10 Å². The zero-order chi connectivity index (χ0) is 16.9. The van der Waals surface area contributed by atoms with Crippen molar-refractivity contribution in [3.8, 4) is 11.3 Å². The predicted molar refractivity (Wildman–Crippen MR) is 89.3 cm³/mol. The number of hydrogen-bond acceptors (Lipinski definition) is 2. The van der Waals surface area contributed by atoms with Crippen LogP contribution in [0.15, 0.2) is 46.9 Å². The highest BCUT2D eigenvalue weighted by molar-refractivity contribution is 9.10. The molecule has 2 N–H and O–H groups in total. The summed E-state index contributed by atoms with van der Waals surface area (Å²) in [7, 11) is 0. The molecule has 1 aliphatic carbocycles. The number of nitrogens with zero attached hydrogens (tertiary/aromatic N) is 1. The number of halogens is 4. The Morgan fingerprint density at radius 3 is 2.75 bits per heavy atom. The molecule has 0 amide bonds. The minimum absolute atomic E-state index is 0.358. The summed E-state index contributed by atoms with van der Waals surface area (Å²) < 4.78 is 39.5. The van der Waals surface area contributed by atoms with Crippen molar-refractivity contribution >= 4 is 27.4 Å². The maximum Gasteiger partial charge on any atom is 0.416 e. The molecule has 3 aromatic rings. The van der Waals surface area contributed by atoms with Crippen LogP contribution in [-0.2, 0) is 12.6 Å². The van der Waals surface area contributed by atoms with E-state index in [4.69, 9.17) is 0 Å². The molecule has 0 atom stereocenters. The Balaban J connectivity index is 1.66. The summed E-state index contributed by atoms with van der Waals surface area (Å²) in [5.41, 5.74) is 3.76. The molecule has 3 nitrogen and oxygen atoms in total. The summed E-state index contributed by atoms with van der Waals surface area (Å²) in [5.74, 6) is 0.552. The minimum atomic E-state index is -4.37. The van der Waals surface area contributed by atoms with Crippen LogP contribution >= 0.6 is 15.9 Å². The third-order valence-corrected chi connectivity index (χ3v) is 4.52. The number of fused-ring (bicyclic) bond motifs is 3. The summed E-state index contributed by atoms with van der Waals surface area (Å²) in [6, 6.07) is 11.1. The molecule has 1 heterocycles. The smallest absolute Gasteiger partial charge is 0.338 e. The SMILES string of the molecule is FC(F)(F)c1cccc(Nc2n[nH]c3c2Cc2cc(Br)ccc2-3)c1. The number of rotatable bonds is 2. The fourth-order valence-corrected chi connectivity index (χ4v) is 3.32. The quantitative estimate of drug-likeness (QED) is 0.471. The van der Waals surface area contributed by atoms with Crippen molar-refractivity contribution in [1.29, 1.82) is 0 Å². The molecule has 24 heavy (non-hydrogen) atoms. The molecular formula is C17H11BrF3N3. The van der Waals surface area contributed by atoms with E-state index >= 15 is 0 Å². The third kappa shape index (κ3) is 2.58. The molecular weight excluding hydrogens is 383 g/mol. The monoisotopic (exact) mass is 393 g/mol. The van der Waals surface area contributed by atoms with Gasteiger partial charge < -0.3 is 5.32 Å². The summed E-state index contributed by atoms with van der Waals surface area (Å²) >= 11 is 3.45. The van der Waals surface area contributed by atoms with Crippen molar-refractivity contribution in [2.45, 2.75) is 12.6 Å². The Kier molecular flexibility index (Phi) is 3.42. The molecule has 2 aromatic carbocycles. The molecule has 1 aromatic heterocycles. The Bertz CT molecular complexity index is 931. The van der Waals surface area contributed by atoms with Gasteiger partial charge >= 0.3 is 6.18 Å². The number of aromatic amines is 1. The second-order valence-electron chi connectivity index (χ2n) is 5.61. The lowest BCUT2D eigenvalue weighted by Crippen LogP contribution is -2.05. The van der Waals surface area contributed by atoms with E-state index in [1.54, 1.807) is 6.07 Å². The van der Waals surface area contributed by atoms with E-state index in [-0.39, 0.29) is 0 Å². The Morgan fingerprint density at radius 2 is 1.96 bits per heavy atom. The fourth-order valence-electron chi connectivity index (χ4n) is 2.92. The van der Waals surface area contributed by atoms with E-state index in [0.717, 1.165) is 39.0 Å². The van der Waals surface area contributed by atoms with Gasteiger partial charge in [0.15, 0.2) is 5.82 Å². The van der Waals surface area contributed by atoms with Gasteiger partial charge in [0.25, 0.3) is 0 Å². The molecule has 0 saturated carbocycles. The molecule has 7 heteroatoms. The first-order valence-corrected chi connectivity index (χ1v) is 8.01. The number of alkyl halides is 3. The summed E-state index contributed by atoms with van der Waals surface area (Å²) in [6.45, 7) is 0. The number of nitrogens with one attached hydrogen (secondary N) is 2. The predicted octanol–water partition coefficient (Wildman–Crippen LogP) is 5.51. The first kappa shape index (κ1) is 15.3. The normalized spacial score (nSPS) is 12.8. The molecule has 0 unspecified atom stereocenters. The van der Waals surface area contributed by atoms with Gasteiger partial charge in [-0.05, 0) is 35.9 Å². The molecule has 0 bridgehead atoms. The van der Waals surface area contributed by atoms with Gasteiger partial charge in [0.2, 0.25) is 0 Å². The largest absolute Gasteiger partial charge is 0.416 e. The van der Waals surface area contributed by atoms with Crippen LogP contribution in [0.4, 0.5) is 24.7 Å². The van der Waals surface area contributed by atoms with Gasteiger partial charge in [-0.25, -0.2) is 0 Å².